The maximum absolute atomic E-state index is 11.8. The second-order valence-electron chi connectivity index (χ2n) is 5.23. The van der Waals surface area contributed by atoms with Crippen molar-refractivity contribution in [1.29, 1.82) is 0 Å². The van der Waals surface area contributed by atoms with Crippen LogP contribution in [-0.4, -0.2) is 22.7 Å². The first-order chi connectivity index (χ1) is 9.56. The Balaban J connectivity index is 1.94. The normalized spacial score (nSPS) is 12.6. The zero-order valence-corrected chi connectivity index (χ0v) is 12.9. The Morgan fingerprint density at radius 2 is 1.95 bits per heavy atom. The van der Waals surface area contributed by atoms with Crippen molar-refractivity contribution >= 4 is 28.6 Å². The lowest BCUT2D eigenvalue weighted by Crippen LogP contribution is -2.37. The Labute approximate surface area is 124 Å². The molecule has 20 heavy (non-hydrogen) atoms. The van der Waals surface area contributed by atoms with Crippen LogP contribution >= 0.6 is 11.8 Å². The lowest BCUT2D eigenvalue weighted by Gasteiger charge is -2.17. The summed E-state index contributed by atoms with van der Waals surface area (Å²) < 4.78 is 0. The van der Waals surface area contributed by atoms with Gasteiger partial charge in [-0.25, -0.2) is 4.98 Å². The summed E-state index contributed by atoms with van der Waals surface area (Å²) >= 11 is 1.47. The topological polar surface area (TPSA) is 42.0 Å². The van der Waals surface area contributed by atoms with E-state index in [1.54, 1.807) is 0 Å². The lowest BCUT2D eigenvalue weighted by atomic mass is 10.1. The summed E-state index contributed by atoms with van der Waals surface area (Å²) in [5.41, 5.74) is 0.966. The van der Waals surface area contributed by atoms with Gasteiger partial charge in [-0.05, 0) is 25.0 Å². The van der Waals surface area contributed by atoms with Gasteiger partial charge >= 0.3 is 0 Å². The molecule has 2 aromatic rings. The van der Waals surface area contributed by atoms with Crippen LogP contribution in [0, 0.1) is 5.92 Å². The number of para-hydroxylation sites is 1. The zero-order chi connectivity index (χ0) is 14.5. The van der Waals surface area contributed by atoms with Crippen molar-refractivity contribution in [3.8, 4) is 0 Å². The van der Waals surface area contributed by atoms with Crippen LogP contribution in [0.3, 0.4) is 0 Å². The Bertz CT molecular complexity index is 598. The summed E-state index contributed by atoms with van der Waals surface area (Å²) in [6, 6.07) is 12.2. The van der Waals surface area contributed by atoms with E-state index < -0.39 is 0 Å². The molecule has 1 atom stereocenters. The minimum absolute atomic E-state index is 0.0613. The van der Waals surface area contributed by atoms with Gasteiger partial charge in [-0.2, -0.15) is 0 Å². The van der Waals surface area contributed by atoms with E-state index in [1.165, 1.54) is 11.8 Å². The highest BCUT2D eigenvalue weighted by molar-refractivity contribution is 7.99. The van der Waals surface area contributed by atoms with Gasteiger partial charge in [-0.15, -0.1) is 0 Å². The van der Waals surface area contributed by atoms with Crippen LogP contribution in [0.4, 0.5) is 0 Å². The fourth-order valence-corrected chi connectivity index (χ4v) is 2.42. The molecular weight excluding hydrogens is 268 g/mol. The number of hydrogen-bond acceptors (Lipinski definition) is 3. The number of nitrogens with zero attached hydrogens (tertiary/aromatic N) is 1. The van der Waals surface area contributed by atoms with Gasteiger partial charge in [-0.3, -0.25) is 4.79 Å². The number of benzene rings is 1. The van der Waals surface area contributed by atoms with E-state index in [0.29, 0.717) is 11.7 Å². The largest absolute Gasteiger partial charge is 0.353 e. The number of aromatic nitrogens is 1. The van der Waals surface area contributed by atoms with E-state index in [-0.39, 0.29) is 11.9 Å². The number of rotatable bonds is 5. The SMILES string of the molecule is CC(C)[C@@H](C)NC(=O)CSc1ccc2ccccc2n1. The summed E-state index contributed by atoms with van der Waals surface area (Å²) in [4.78, 5) is 16.4. The minimum atomic E-state index is 0.0613. The van der Waals surface area contributed by atoms with Crippen molar-refractivity contribution in [2.45, 2.75) is 31.8 Å². The Morgan fingerprint density at radius 1 is 1.20 bits per heavy atom. The molecule has 106 valence electrons. The smallest absolute Gasteiger partial charge is 0.230 e. The van der Waals surface area contributed by atoms with Crippen molar-refractivity contribution in [3.05, 3.63) is 36.4 Å². The Kier molecular flexibility index (Phi) is 5.01. The maximum Gasteiger partial charge on any atom is 0.230 e. The molecule has 4 heteroatoms. The van der Waals surface area contributed by atoms with E-state index >= 15 is 0 Å². The molecule has 0 aliphatic rings. The number of carbonyl (C=O) groups excluding carboxylic acids is 1. The van der Waals surface area contributed by atoms with Gasteiger partial charge in [0.05, 0.1) is 16.3 Å². The van der Waals surface area contributed by atoms with Crippen molar-refractivity contribution in [3.63, 3.8) is 0 Å². The monoisotopic (exact) mass is 288 g/mol. The first-order valence-electron chi connectivity index (χ1n) is 6.84. The van der Waals surface area contributed by atoms with E-state index in [9.17, 15) is 4.79 Å². The standard InChI is InChI=1S/C16H20N2OS/c1-11(2)12(3)17-15(19)10-20-16-9-8-13-6-4-5-7-14(13)18-16/h4-9,11-12H,10H2,1-3H3,(H,17,19)/t12-/m1/s1. The van der Waals surface area contributed by atoms with Gasteiger partial charge in [0.25, 0.3) is 0 Å². The third kappa shape index (κ3) is 3.97. The van der Waals surface area contributed by atoms with E-state index in [2.05, 4.69) is 24.1 Å². The summed E-state index contributed by atoms with van der Waals surface area (Å²) in [6.07, 6.45) is 0. The van der Waals surface area contributed by atoms with Gasteiger partial charge in [0.2, 0.25) is 5.91 Å². The molecule has 0 aliphatic heterocycles. The maximum atomic E-state index is 11.8. The number of pyridine rings is 1. The summed E-state index contributed by atoms with van der Waals surface area (Å²) in [7, 11) is 0. The number of carbonyl (C=O) groups is 1. The van der Waals surface area contributed by atoms with Crippen LogP contribution in [0.1, 0.15) is 20.8 Å². The van der Waals surface area contributed by atoms with Crippen molar-refractivity contribution in [2.24, 2.45) is 5.92 Å². The average molecular weight is 288 g/mol. The number of thioether (sulfide) groups is 1. The fraction of sp³-hybridized carbons (Fsp3) is 0.375. The fourth-order valence-electron chi connectivity index (χ4n) is 1.73. The molecule has 1 N–H and O–H groups in total. The highest BCUT2D eigenvalue weighted by atomic mass is 32.2. The lowest BCUT2D eigenvalue weighted by molar-refractivity contribution is -0.119. The second-order valence-corrected chi connectivity index (χ2v) is 6.23. The third-order valence-corrected chi connectivity index (χ3v) is 4.24. The molecule has 0 fully saturated rings. The van der Waals surface area contributed by atoms with Crippen LogP contribution in [0.25, 0.3) is 10.9 Å². The molecule has 1 heterocycles. The number of hydrogen-bond donors (Lipinski definition) is 1. The van der Waals surface area contributed by atoms with Gasteiger partial charge in [0, 0.05) is 11.4 Å². The summed E-state index contributed by atoms with van der Waals surface area (Å²) in [5, 5.41) is 5.00. The first-order valence-corrected chi connectivity index (χ1v) is 7.83. The summed E-state index contributed by atoms with van der Waals surface area (Å²) in [6.45, 7) is 6.23. The van der Waals surface area contributed by atoms with Crippen LogP contribution in [0.5, 0.6) is 0 Å². The van der Waals surface area contributed by atoms with E-state index in [1.807, 2.05) is 43.3 Å². The molecule has 0 spiro atoms. The molecule has 2 rings (SSSR count). The Morgan fingerprint density at radius 3 is 2.70 bits per heavy atom. The molecule has 0 aliphatic carbocycles. The molecule has 0 saturated carbocycles. The van der Waals surface area contributed by atoms with Gasteiger partial charge in [0.15, 0.2) is 0 Å². The number of fused-ring (bicyclic) bond motifs is 1. The highest BCUT2D eigenvalue weighted by Crippen LogP contribution is 2.19. The Hall–Kier alpha value is -1.55. The minimum Gasteiger partial charge on any atom is -0.353 e. The molecule has 1 aromatic heterocycles. The zero-order valence-electron chi connectivity index (χ0n) is 12.1. The predicted octanol–water partition coefficient (Wildman–Crippen LogP) is 3.49. The van der Waals surface area contributed by atoms with Gasteiger partial charge < -0.3 is 5.32 Å². The molecule has 3 nitrogen and oxygen atoms in total. The number of amides is 1. The quantitative estimate of drug-likeness (QED) is 0.856. The van der Waals surface area contributed by atoms with Crippen molar-refractivity contribution in [1.82, 2.24) is 10.3 Å². The van der Waals surface area contributed by atoms with E-state index in [4.69, 9.17) is 0 Å². The highest BCUT2D eigenvalue weighted by Gasteiger charge is 2.11. The molecular formula is C16H20N2OS. The van der Waals surface area contributed by atoms with Crippen LogP contribution in [0.2, 0.25) is 0 Å². The molecule has 0 bridgehead atoms. The molecule has 0 saturated heterocycles. The third-order valence-electron chi connectivity index (χ3n) is 3.31. The summed E-state index contributed by atoms with van der Waals surface area (Å²) in [5.74, 6) is 0.913. The van der Waals surface area contributed by atoms with Crippen LogP contribution in [-0.2, 0) is 4.79 Å². The predicted molar refractivity (Wildman–Crippen MR) is 84.9 cm³/mol. The van der Waals surface area contributed by atoms with Crippen LogP contribution in [0.15, 0.2) is 41.4 Å². The molecule has 0 unspecified atom stereocenters. The van der Waals surface area contributed by atoms with E-state index in [0.717, 1.165) is 15.9 Å². The molecule has 0 radical (unpaired) electrons. The second kappa shape index (κ2) is 6.75. The number of nitrogens with one attached hydrogen (secondary N) is 1. The van der Waals surface area contributed by atoms with Gasteiger partial charge in [0.1, 0.15) is 0 Å². The van der Waals surface area contributed by atoms with Crippen molar-refractivity contribution in [2.75, 3.05) is 5.75 Å². The van der Waals surface area contributed by atoms with Crippen molar-refractivity contribution < 1.29 is 4.79 Å². The molecule has 1 aromatic carbocycles. The average Bonchev–Trinajstić information content (AvgIpc) is 2.44. The molecule has 1 amide bonds. The first kappa shape index (κ1) is 14.9. The van der Waals surface area contributed by atoms with Crippen LogP contribution < -0.4 is 5.32 Å². The van der Waals surface area contributed by atoms with Gasteiger partial charge in [-0.1, -0.05) is 49.9 Å².